The molecule has 1 aliphatic rings. The predicted molar refractivity (Wildman–Crippen MR) is 71.4 cm³/mol. The van der Waals surface area contributed by atoms with Crippen molar-refractivity contribution in [1.82, 2.24) is 19.4 Å². The molecule has 1 N–H and O–H groups in total. The maximum Gasteiger partial charge on any atom is 0.0951 e. The van der Waals surface area contributed by atoms with Crippen LogP contribution in [0, 0.1) is 0 Å². The molecule has 2 aromatic heterocycles. The summed E-state index contributed by atoms with van der Waals surface area (Å²) in [6.07, 6.45) is 8.73. The van der Waals surface area contributed by atoms with Crippen LogP contribution in [0.15, 0.2) is 30.9 Å². The van der Waals surface area contributed by atoms with Crippen molar-refractivity contribution in [2.75, 3.05) is 6.54 Å². The zero-order valence-corrected chi connectivity index (χ0v) is 10.8. The topological polar surface area (TPSA) is 34.8 Å². The lowest BCUT2D eigenvalue weighted by Gasteiger charge is -2.11. The number of rotatable bonds is 6. The van der Waals surface area contributed by atoms with E-state index in [4.69, 9.17) is 0 Å². The molecule has 0 aromatic carbocycles. The molecule has 0 atom stereocenters. The van der Waals surface area contributed by atoms with Crippen LogP contribution < -0.4 is 5.32 Å². The van der Waals surface area contributed by atoms with Gasteiger partial charge in [-0.05, 0) is 31.5 Å². The number of imidazole rings is 1. The Morgan fingerprint density at radius 1 is 1.39 bits per heavy atom. The minimum absolute atomic E-state index is 0.704. The van der Waals surface area contributed by atoms with Crippen molar-refractivity contribution in [3.05, 3.63) is 42.2 Å². The third-order valence-corrected chi connectivity index (χ3v) is 3.50. The van der Waals surface area contributed by atoms with E-state index in [-0.39, 0.29) is 0 Å². The summed E-state index contributed by atoms with van der Waals surface area (Å²) in [5, 5.41) is 3.38. The summed E-state index contributed by atoms with van der Waals surface area (Å²) in [6.45, 7) is 4.99. The number of hydrogen-bond acceptors (Lipinski definition) is 2. The Kier molecular flexibility index (Phi) is 3.19. The summed E-state index contributed by atoms with van der Waals surface area (Å²) < 4.78 is 4.63. The standard InChI is InChI=1S/C14H20N4/c1-2-15-8-13-4-3-7-17(13)10-14-9-16-11-18(14)12-5-6-12/h3-4,7,9,11-12,15H,2,5-6,8,10H2,1H3. The SMILES string of the molecule is CCNCc1cccn1Cc1cncn1C1CC1. The molecular weight excluding hydrogens is 224 g/mol. The Morgan fingerprint density at radius 2 is 2.28 bits per heavy atom. The first kappa shape index (κ1) is 11.5. The molecule has 0 unspecified atom stereocenters. The van der Waals surface area contributed by atoms with Gasteiger partial charge in [-0.25, -0.2) is 4.98 Å². The van der Waals surface area contributed by atoms with Gasteiger partial charge < -0.3 is 14.5 Å². The minimum atomic E-state index is 0.704. The Labute approximate surface area is 108 Å². The molecule has 1 aliphatic carbocycles. The average Bonchev–Trinajstić information content (AvgIpc) is 2.96. The Balaban J connectivity index is 1.75. The molecule has 0 radical (unpaired) electrons. The van der Waals surface area contributed by atoms with Crippen LogP contribution in [0.1, 0.15) is 37.2 Å². The van der Waals surface area contributed by atoms with Crippen molar-refractivity contribution in [1.29, 1.82) is 0 Å². The summed E-state index contributed by atoms with van der Waals surface area (Å²) in [5.74, 6) is 0. The summed E-state index contributed by atoms with van der Waals surface area (Å²) in [6, 6.07) is 5.00. The van der Waals surface area contributed by atoms with Crippen molar-refractivity contribution >= 4 is 0 Å². The first-order valence-electron chi connectivity index (χ1n) is 6.74. The van der Waals surface area contributed by atoms with Gasteiger partial charge in [0.05, 0.1) is 18.6 Å². The van der Waals surface area contributed by atoms with E-state index >= 15 is 0 Å². The van der Waals surface area contributed by atoms with Crippen LogP contribution in [0.3, 0.4) is 0 Å². The molecule has 0 spiro atoms. The molecule has 2 aromatic rings. The second-order valence-corrected chi connectivity index (χ2v) is 4.93. The molecule has 1 fully saturated rings. The Bertz CT molecular complexity index is 507. The van der Waals surface area contributed by atoms with Crippen molar-refractivity contribution in [2.45, 2.75) is 38.9 Å². The largest absolute Gasteiger partial charge is 0.344 e. The maximum atomic E-state index is 4.29. The molecule has 4 nitrogen and oxygen atoms in total. The monoisotopic (exact) mass is 244 g/mol. The van der Waals surface area contributed by atoms with Crippen molar-refractivity contribution in [3.8, 4) is 0 Å². The van der Waals surface area contributed by atoms with Gasteiger partial charge in [-0.15, -0.1) is 0 Å². The van der Waals surface area contributed by atoms with Gasteiger partial charge in [-0.3, -0.25) is 0 Å². The van der Waals surface area contributed by atoms with Crippen molar-refractivity contribution < 1.29 is 0 Å². The van der Waals surface area contributed by atoms with E-state index in [2.05, 4.69) is 44.7 Å². The van der Waals surface area contributed by atoms with Crippen LogP contribution in [0.4, 0.5) is 0 Å². The lowest BCUT2D eigenvalue weighted by Crippen LogP contribution is -2.16. The van der Waals surface area contributed by atoms with Gasteiger partial charge in [0, 0.05) is 30.7 Å². The molecular formula is C14H20N4. The van der Waals surface area contributed by atoms with E-state index in [1.165, 1.54) is 24.2 Å². The molecule has 0 aliphatic heterocycles. The van der Waals surface area contributed by atoms with Crippen molar-refractivity contribution in [2.24, 2.45) is 0 Å². The van der Waals surface area contributed by atoms with Crippen LogP contribution >= 0.6 is 0 Å². The van der Waals surface area contributed by atoms with E-state index in [0.717, 1.165) is 19.6 Å². The normalized spacial score (nSPS) is 15.2. The highest BCUT2D eigenvalue weighted by atomic mass is 15.1. The first-order chi connectivity index (χ1) is 8.88. The minimum Gasteiger partial charge on any atom is -0.344 e. The summed E-state index contributed by atoms with van der Waals surface area (Å²) in [4.78, 5) is 4.29. The van der Waals surface area contributed by atoms with Crippen LogP contribution in [0.2, 0.25) is 0 Å². The molecule has 0 bridgehead atoms. The highest BCUT2D eigenvalue weighted by molar-refractivity contribution is 5.11. The van der Waals surface area contributed by atoms with Gasteiger partial charge in [0.1, 0.15) is 0 Å². The second-order valence-electron chi connectivity index (χ2n) is 4.93. The molecule has 0 saturated heterocycles. The fraction of sp³-hybridized carbons (Fsp3) is 0.500. The van der Waals surface area contributed by atoms with E-state index in [1.54, 1.807) is 0 Å². The highest BCUT2D eigenvalue weighted by Gasteiger charge is 2.25. The fourth-order valence-corrected chi connectivity index (χ4v) is 2.33. The first-order valence-corrected chi connectivity index (χ1v) is 6.74. The smallest absolute Gasteiger partial charge is 0.0951 e. The van der Waals surface area contributed by atoms with Crippen molar-refractivity contribution in [3.63, 3.8) is 0 Å². The predicted octanol–water partition coefficient (Wildman–Crippen LogP) is 2.18. The number of nitrogens with one attached hydrogen (secondary N) is 1. The Hall–Kier alpha value is -1.55. The molecule has 96 valence electrons. The molecule has 0 amide bonds. The zero-order chi connectivity index (χ0) is 12.4. The molecule has 1 saturated carbocycles. The molecule has 4 heteroatoms. The summed E-state index contributed by atoms with van der Waals surface area (Å²) in [5.41, 5.74) is 2.65. The van der Waals surface area contributed by atoms with Gasteiger partial charge in [0.25, 0.3) is 0 Å². The van der Waals surface area contributed by atoms with E-state index in [9.17, 15) is 0 Å². The van der Waals surface area contributed by atoms with Crippen LogP contribution in [-0.2, 0) is 13.1 Å². The average molecular weight is 244 g/mol. The van der Waals surface area contributed by atoms with E-state index in [1.807, 2.05) is 12.5 Å². The van der Waals surface area contributed by atoms with Gasteiger partial charge in [0.15, 0.2) is 0 Å². The van der Waals surface area contributed by atoms with Gasteiger partial charge in [-0.1, -0.05) is 6.92 Å². The number of hydrogen-bond donors (Lipinski definition) is 1. The molecule has 3 rings (SSSR count). The van der Waals surface area contributed by atoms with Crippen LogP contribution in [-0.4, -0.2) is 20.7 Å². The molecule has 2 heterocycles. The van der Waals surface area contributed by atoms with Gasteiger partial charge in [0.2, 0.25) is 0 Å². The molecule has 18 heavy (non-hydrogen) atoms. The third kappa shape index (κ3) is 2.34. The van der Waals surface area contributed by atoms with Gasteiger partial charge >= 0.3 is 0 Å². The summed E-state index contributed by atoms with van der Waals surface area (Å²) in [7, 11) is 0. The maximum absolute atomic E-state index is 4.29. The second kappa shape index (κ2) is 4.98. The third-order valence-electron chi connectivity index (χ3n) is 3.50. The lowest BCUT2D eigenvalue weighted by atomic mass is 10.4. The number of nitrogens with zero attached hydrogens (tertiary/aromatic N) is 3. The van der Waals surface area contributed by atoms with Gasteiger partial charge in [-0.2, -0.15) is 0 Å². The quantitative estimate of drug-likeness (QED) is 0.845. The van der Waals surface area contributed by atoms with Crippen LogP contribution in [0.25, 0.3) is 0 Å². The number of aromatic nitrogens is 3. The zero-order valence-electron chi connectivity index (χ0n) is 10.8. The highest BCUT2D eigenvalue weighted by Crippen LogP contribution is 2.35. The fourth-order valence-electron chi connectivity index (χ4n) is 2.33. The summed E-state index contributed by atoms with van der Waals surface area (Å²) >= 11 is 0. The Morgan fingerprint density at radius 3 is 3.06 bits per heavy atom. The van der Waals surface area contributed by atoms with E-state index in [0.29, 0.717) is 6.04 Å². The lowest BCUT2D eigenvalue weighted by molar-refractivity contribution is 0.619. The van der Waals surface area contributed by atoms with E-state index < -0.39 is 0 Å². The van der Waals surface area contributed by atoms with Crippen LogP contribution in [0.5, 0.6) is 0 Å².